The molecular weight excluding hydrogens is 390 g/mol. The fraction of sp³-hybridized carbons (Fsp3) is 0.692. The summed E-state index contributed by atoms with van der Waals surface area (Å²) in [4.78, 5) is 25.1. The van der Waals surface area contributed by atoms with Gasteiger partial charge in [0.05, 0.1) is 0 Å². The largest absolute Gasteiger partial charge is 0.507 e. The lowest BCUT2D eigenvalue weighted by molar-refractivity contribution is -0.126. The van der Waals surface area contributed by atoms with E-state index < -0.39 is 5.97 Å². The zero-order valence-corrected chi connectivity index (χ0v) is 19.4. The molecule has 4 bridgehead atoms. The van der Waals surface area contributed by atoms with Gasteiger partial charge in [0.1, 0.15) is 11.3 Å². The summed E-state index contributed by atoms with van der Waals surface area (Å²) in [6, 6.07) is 3.63. The molecule has 1 amide bonds. The van der Waals surface area contributed by atoms with E-state index in [0.717, 1.165) is 28.9 Å². The number of esters is 1. The second-order valence-electron chi connectivity index (χ2n) is 11.1. The minimum Gasteiger partial charge on any atom is -0.507 e. The van der Waals surface area contributed by atoms with Crippen molar-refractivity contribution in [3.05, 3.63) is 28.8 Å². The van der Waals surface area contributed by atoms with Crippen LogP contribution in [0.1, 0.15) is 99.5 Å². The van der Waals surface area contributed by atoms with Gasteiger partial charge in [0.15, 0.2) is 6.61 Å². The fourth-order valence-corrected chi connectivity index (χ4v) is 6.66. The summed E-state index contributed by atoms with van der Waals surface area (Å²) in [6.07, 6.45) is 7.82. The number of phenolic OH excluding ortho intramolecular Hbond substituents is 1. The number of aromatic hydroxyl groups is 1. The third-order valence-electron chi connectivity index (χ3n) is 7.83. The third kappa shape index (κ3) is 4.61. The first-order valence-corrected chi connectivity index (χ1v) is 12.0. The van der Waals surface area contributed by atoms with E-state index in [2.05, 4.69) is 5.32 Å². The number of phenols is 1. The maximum absolute atomic E-state index is 12.7. The summed E-state index contributed by atoms with van der Waals surface area (Å²) in [7, 11) is 0. The minimum atomic E-state index is -0.646. The van der Waals surface area contributed by atoms with Crippen LogP contribution in [0.4, 0.5) is 0 Å². The molecule has 4 aliphatic rings. The van der Waals surface area contributed by atoms with E-state index in [-0.39, 0.29) is 41.1 Å². The van der Waals surface area contributed by atoms with Crippen LogP contribution in [0, 0.1) is 23.2 Å². The molecule has 0 saturated heterocycles. The second-order valence-corrected chi connectivity index (χ2v) is 11.1. The molecule has 4 aliphatic carbocycles. The Labute approximate surface area is 185 Å². The van der Waals surface area contributed by atoms with Crippen molar-refractivity contribution in [2.75, 3.05) is 13.2 Å². The average Bonchev–Trinajstić information content (AvgIpc) is 2.69. The van der Waals surface area contributed by atoms with Crippen LogP contribution in [0.2, 0.25) is 0 Å². The van der Waals surface area contributed by atoms with E-state index in [1.54, 1.807) is 6.07 Å². The first-order valence-electron chi connectivity index (χ1n) is 12.0. The molecule has 5 rings (SSSR count). The lowest BCUT2D eigenvalue weighted by Gasteiger charge is -2.56. The molecular formula is C26H37NO4. The molecule has 4 fully saturated rings. The van der Waals surface area contributed by atoms with Gasteiger partial charge in [-0.2, -0.15) is 0 Å². The van der Waals surface area contributed by atoms with Crippen LogP contribution < -0.4 is 5.32 Å². The molecule has 170 valence electrons. The van der Waals surface area contributed by atoms with Crippen LogP contribution in [-0.2, 0) is 9.53 Å². The standard InChI is InChI=1S/C26H37NO4/c1-15(2)20-8-21(16(3)4)24(29)22(9-20)25(30)31-13-23(28)27-14-26-10-17-5-18(11-26)7-19(6-17)12-26/h8-9,15-19,29H,5-7,10-14H2,1-4H3,(H,27,28). The maximum Gasteiger partial charge on any atom is 0.342 e. The maximum atomic E-state index is 12.7. The lowest BCUT2D eigenvalue weighted by atomic mass is 9.49. The highest BCUT2D eigenvalue weighted by Crippen LogP contribution is 2.59. The molecule has 0 atom stereocenters. The first-order chi connectivity index (χ1) is 14.7. The highest BCUT2D eigenvalue weighted by atomic mass is 16.5. The highest BCUT2D eigenvalue weighted by molar-refractivity contribution is 5.94. The van der Waals surface area contributed by atoms with Gasteiger partial charge in [-0.3, -0.25) is 4.79 Å². The van der Waals surface area contributed by atoms with Crippen molar-refractivity contribution in [2.24, 2.45) is 23.2 Å². The van der Waals surface area contributed by atoms with Gasteiger partial charge in [-0.05, 0) is 90.7 Å². The molecule has 1 aromatic rings. The van der Waals surface area contributed by atoms with E-state index in [1.165, 1.54) is 38.5 Å². The Hall–Kier alpha value is -2.04. The van der Waals surface area contributed by atoms with Crippen molar-refractivity contribution in [3.63, 3.8) is 0 Å². The van der Waals surface area contributed by atoms with Gasteiger partial charge >= 0.3 is 5.97 Å². The number of carbonyl (C=O) groups is 2. The van der Waals surface area contributed by atoms with Crippen molar-refractivity contribution < 1.29 is 19.4 Å². The Morgan fingerprint density at radius 3 is 2.13 bits per heavy atom. The number of rotatable bonds is 7. The number of carbonyl (C=O) groups excluding carboxylic acids is 2. The van der Waals surface area contributed by atoms with Crippen molar-refractivity contribution in [2.45, 2.75) is 78.1 Å². The van der Waals surface area contributed by atoms with E-state index in [0.29, 0.717) is 6.54 Å². The zero-order chi connectivity index (χ0) is 22.3. The average molecular weight is 428 g/mol. The van der Waals surface area contributed by atoms with Crippen molar-refractivity contribution >= 4 is 11.9 Å². The van der Waals surface area contributed by atoms with Crippen LogP contribution in [0.5, 0.6) is 5.75 Å². The molecule has 31 heavy (non-hydrogen) atoms. The topological polar surface area (TPSA) is 75.6 Å². The Bertz CT molecular complexity index is 822. The molecule has 0 spiro atoms. The summed E-state index contributed by atoms with van der Waals surface area (Å²) < 4.78 is 5.30. The quantitative estimate of drug-likeness (QED) is 0.592. The number of hydrogen-bond donors (Lipinski definition) is 2. The summed E-state index contributed by atoms with van der Waals surface area (Å²) in [5.41, 5.74) is 2.10. The molecule has 0 heterocycles. The summed E-state index contributed by atoms with van der Waals surface area (Å²) >= 11 is 0. The van der Waals surface area contributed by atoms with E-state index in [4.69, 9.17) is 4.74 Å². The van der Waals surface area contributed by atoms with Gasteiger partial charge in [-0.1, -0.05) is 33.8 Å². The summed E-state index contributed by atoms with van der Waals surface area (Å²) in [6.45, 7) is 8.43. The van der Waals surface area contributed by atoms with Crippen molar-refractivity contribution in [1.82, 2.24) is 5.32 Å². The van der Waals surface area contributed by atoms with Gasteiger partial charge < -0.3 is 15.2 Å². The zero-order valence-electron chi connectivity index (χ0n) is 19.4. The van der Waals surface area contributed by atoms with Gasteiger partial charge in [0.25, 0.3) is 5.91 Å². The first kappa shape index (κ1) is 22.2. The Kier molecular flexibility index (Phi) is 6.06. The monoisotopic (exact) mass is 427 g/mol. The van der Waals surface area contributed by atoms with Crippen LogP contribution in [0.15, 0.2) is 12.1 Å². The number of hydrogen-bond acceptors (Lipinski definition) is 4. The number of benzene rings is 1. The molecule has 0 aromatic heterocycles. The van der Waals surface area contributed by atoms with Crippen LogP contribution in [0.3, 0.4) is 0 Å². The van der Waals surface area contributed by atoms with Crippen LogP contribution in [-0.4, -0.2) is 30.1 Å². The fourth-order valence-electron chi connectivity index (χ4n) is 6.66. The van der Waals surface area contributed by atoms with Gasteiger partial charge in [0.2, 0.25) is 0 Å². The Balaban J connectivity index is 1.35. The molecule has 0 aliphatic heterocycles. The summed E-state index contributed by atoms with van der Waals surface area (Å²) in [5.74, 6) is 1.87. The predicted molar refractivity (Wildman–Crippen MR) is 120 cm³/mol. The molecule has 0 radical (unpaired) electrons. The van der Waals surface area contributed by atoms with Crippen molar-refractivity contribution in [1.29, 1.82) is 0 Å². The smallest absolute Gasteiger partial charge is 0.342 e. The van der Waals surface area contributed by atoms with Gasteiger partial charge in [-0.25, -0.2) is 4.79 Å². The van der Waals surface area contributed by atoms with Gasteiger partial charge in [0, 0.05) is 6.54 Å². The molecule has 2 N–H and O–H groups in total. The van der Waals surface area contributed by atoms with Gasteiger partial charge in [-0.15, -0.1) is 0 Å². The predicted octanol–water partition coefficient (Wildman–Crippen LogP) is 5.13. The Morgan fingerprint density at radius 1 is 1.03 bits per heavy atom. The molecule has 0 unspecified atom stereocenters. The number of nitrogens with one attached hydrogen (secondary N) is 1. The van der Waals surface area contributed by atoms with E-state index in [1.807, 2.05) is 33.8 Å². The van der Waals surface area contributed by atoms with E-state index >= 15 is 0 Å². The summed E-state index contributed by atoms with van der Waals surface area (Å²) in [5, 5.41) is 13.6. The van der Waals surface area contributed by atoms with E-state index in [9.17, 15) is 14.7 Å². The minimum absolute atomic E-state index is 0.0432. The third-order valence-corrected chi connectivity index (χ3v) is 7.83. The normalized spacial score (nSPS) is 28.9. The lowest BCUT2D eigenvalue weighted by Crippen LogP contribution is -2.51. The highest BCUT2D eigenvalue weighted by Gasteiger charge is 2.50. The molecule has 4 saturated carbocycles. The molecule has 5 heteroatoms. The number of ether oxygens (including phenoxy) is 1. The Morgan fingerprint density at radius 2 is 1.61 bits per heavy atom. The van der Waals surface area contributed by atoms with Crippen molar-refractivity contribution in [3.8, 4) is 5.75 Å². The molecule has 1 aromatic carbocycles. The van der Waals surface area contributed by atoms with Crippen LogP contribution in [0.25, 0.3) is 0 Å². The molecule has 5 nitrogen and oxygen atoms in total. The second kappa shape index (κ2) is 8.48. The SMILES string of the molecule is CC(C)c1cc(C(=O)OCC(=O)NCC23CC4CC(CC(C4)C2)C3)c(O)c(C(C)C)c1. The number of amides is 1. The van der Waals surface area contributed by atoms with Crippen LogP contribution >= 0.6 is 0 Å².